The highest BCUT2D eigenvalue weighted by molar-refractivity contribution is 8.22. The Hall–Kier alpha value is -1.50. The van der Waals surface area contributed by atoms with Crippen LogP contribution in [-0.2, 0) is 13.1 Å². The molecule has 4 nitrogen and oxygen atoms in total. The predicted octanol–water partition coefficient (Wildman–Crippen LogP) is 3.54. The van der Waals surface area contributed by atoms with Crippen molar-refractivity contribution in [2.75, 3.05) is 19.7 Å². The normalized spacial score (nSPS) is 16.0. The van der Waals surface area contributed by atoms with Crippen LogP contribution >= 0.6 is 24.0 Å². The zero-order chi connectivity index (χ0) is 15.4. The molecule has 3 rings (SSSR count). The van der Waals surface area contributed by atoms with E-state index in [-0.39, 0.29) is 0 Å². The van der Waals surface area contributed by atoms with Gasteiger partial charge in [-0.1, -0.05) is 36.1 Å². The average molecular weight is 334 g/mol. The van der Waals surface area contributed by atoms with E-state index in [1.165, 1.54) is 5.56 Å². The number of thiocarbonyl (C=S) groups is 1. The number of methoxy groups -OCH3 is 1. The lowest BCUT2D eigenvalue weighted by Crippen LogP contribution is -2.43. The molecule has 0 aliphatic carbocycles. The molecule has 0 radical (unpaired) electrons. The number of furan rings is 1. The molecule has 1 aromatic carbocycles. The zero-order valence-electron chi connectivity index (χ0n) is 12.4. The molecule has 1 aliphatic heterocycles. The molecule has 1 fully saturated rings. The molecule has 0 saturated carbocycles. The van der Waals surface area contributed by atoms with Gasteiger partial charge in [-0.25, -0.2) is 0 Å². The summed E-state index contributed by atoms with van der Waals surface area (Å²) in [5.41, 5.74) is 1.27. The topological polar surface area (TPSA) is 28.9 Å². The summed E-state index contributed by atoms with van der Waals surface area (Å²) >= 11 is 7.15. The quantitative estimate of drug-likeness (QED) is 0.777. The minimum absolute atomic E-state index is 0.720. The molecular weight excluding hydrogens is 316 g/mol. The zero-order valence-corrected chi connectivity index (χ0v) is 14.0. The maximum Gasteiger partial charge on any atom is 0.139 e. The molecular formula is C16H18N2O2S2. The van der Waals surface area contributed by atoms with Crippen molar-refractivity contribution in [1.29, 1.82) is 0 Å². The van der Waals surface area contributed by atoms with E-state index in [1.54, 1.807) is 25.1 Å². The SMILES string of the molecule is COc1ccc(CN2CSC(=S)N(Cc3ccco3)C2)cc1. The standard InChI is InChI=1S/C16H18N2O2S2/c1-19-14-6-4-13(5-7-14)9-17-11-18(16(21)22-12-17)10-15-3-2-8-20-15/h2-8H,9-12H2,1H3. The number of hydrogen-bond acceptors (Lipinski definition) is 5. The summed E-state index contributed by atoms with van der Waals surface area (Å²) < 4.78 is 11.5. The van der Waals surface area contributed by atoms with Crippen molar-refractivity contribution in [3.63, 3.8) is 0 Å². The summed E-state index contributed by atoms with van der Waals surface area (Å²) in [5.74, 6) is 2.74. The van der Waals surface area contributed by atoms with Crippen LogP contribution in [0, 0.1) is 0 Å². The molecule has 0 spiro atoms. The first-order chi connectivity index (χ1) is 10.7. The molecule has 0 unspecified atom stereocenters. The van der Waals surface area contributed by atoms with Gasteiger partial charge in [-0.05, 0) is 29.8 Å². The number of hydrogen-bond donors (Lipinski definition) is 0. The van der Waals surface area contributed by atoms with Crippen LogP contribution in [0.5, 0.6) is 5.75 Å². The van der Waals surface area contributed by atoms with Gasteiger partial charge in [-0.15, -0.1) is 0 Å². The minimum atomic E-state index is 0.720. The Balaban J connectivity index is 1.60. The fraction of sp³-hybridized carbons (Fsp3) is 0.312. The molecule has 116 valence electrons. The maximum atomic E-state index is 5.45. The summed E-state index contributed by atoms with van der Waals surface area (Å²) in [4.78, 5) is 4.54. The van der Waals surface area contributed by atoms with Crippen LogP contribution in [0.4, 0.5) is 0 Å². The fourth-order valence-corrected chi connectivity index (χ4v) is 3.42. The number of benzene rings is 1. The largest absolute Gasteiger partial charge is 0.497 e. The molecule has 2 aromatic rings. The molecule has 1 aromatic heterocycles. The molecule has 0 N–H and O–H groups in total. The van der Waals surface area contributed by atoms with Crippen LogP contribution in [0.25, 0.3) is 0 Å². The number of nitrogens with zero attached hydrogens (tertiary/aromatic N) is 2. The Kier molecular flexibility index (Phi) is 5.02. The first-order valence-electron chi connectivity index (χ1n) is 7.04. The van der Waals surface area contributed by atoms with Gasteiger partial charge in [0.15, 0.2) is 0 Å². The second-order valence-electron chi connectivity index (χ2n) is 5.14. The van der Waals surface area contributed by atoms with Gasteiger partial charge in [0.05, 0.1) is 32.5 Å². The molecule has 22 heavy (non-hydrogen) atoms. The molecule has 0 amide bonds. The maximum absolute atomic E-state index is 5.45. The van der Waals surface area contributed by atoms with Crippen LogP contribution in [0.1, 0.15) is 11.3 Å². The molecule has 2 heterocycles. The van der Waals surface area contributed by atoms with Crippen molar-refractivity contribution in [1.82, 2.24) is 9.80 Å². The highest BCUT2D eigenvalue weighted by Gasteiger charge is 2.22. The number of rotatable bonds is 5. The Morgan fingerprint density at radius 3 is 2.73 bits per heavy atom. The van der Waals surface area contributed by atoms with Crippen LogP contribution < -0.4 is 4.74 Å². The first kappa shape index (κ1) is 15.4. The van der Waals surface area contributed by atoms with Gasteiger partial charge in [0, 0.05) is 6.54 Å². The third-order valence-electron chi connectivity index (χ3n) is 3.49. The smallest absolute Gasteiger partial charge is 0.139 e. The monoisotopic (exact) mass is 334 g/mol. The van der Waals surface area contributed by atoms with E-state index in [0.29, 0.717) is 0 Å². The Morgan fingerprint density at radius 1 is 1.23 bits per heavy atom. The van der Waals surface area contributed by atoms with Gasteiger partial charge < -0.3 is 14.1 Å². The number of thioether (sulfide) groups is 1. The van der Waals surface area contributed by atoms with E-state index in [0.717, 1.165) is 41.5 Å². The third-order valence-corrected chi connectivity index (χ3v) is 5.10. The van der Waals surface area contributed by atoms with Gasteiger partial charge >= 0.3 is 0 Å². The van der Waals surface area contributed by atoms with Crippen molar-refractivity contribution in [2.24, 2.45) is 0 Å². The van der Waals surface area contributed by atoms with Crippen molar-refractivity contribution < 1.29 is 9.15 Å². The molecule has 0 atom stereocenters. The summed E-state index contributed by atoms with van der Waals surface area (Å²) in [7, 11) is 1.68. The summed E-state index contributed by atoms with van der Waals surface area (Å²) in [6, 6.07) is 12.1. The Morgan fingerprint density at radius 2 is 2.05 bits per heavy atom. The van der Waals surface area contributed by atoms with Crippen LogP contribution in [0.2, 0.25) is 0 Å². The van der Waals surface area contributed by atoms with E-state index >= 15 is 0 Å². The van der Waals surface area contributed by atoms with E-state index < -0.39 is 0 Å². The second kappa shape index (κ2) is 7.17. The van der Waals surface area contributed by atoms with E-state index in [4.69, 9.17) is 21.4 Å². The second-order valence-corrected chi connectivity index (χ2v) is 6.71. The highest BCUT2D eigenvalue weighted by Crippen LogP contribution is 2.23. The van der Waals surface area contributed by atoms with Crippen LogP contribution in [0.15, 0.2) is 47.1 Å². The van der Waals surface area contributed by atoms with Gasteiger partial charge in [-0.3, -0.25) is 4.90 Å². The molecule has 0 bridgehead atoms. The van der Waals surface area contributed by atoms with E-state index in [1.807, 2.05) is 24.3 Å². The lowest BCUT2D eigenvalue weighted by atomic mass is 10.2. The van der Waals surface area contributed by atoms with Gasteiger partial charge in [0.2, 0.25) is 0 Å². The Labute approximate surface area is 140 Å². The van der Waals surface area contributed by atoms with Crippen molar-refractivity contribution in [2.45, 2.75) is 13.1 Å². The van der Waals surface area contributed by atoms with E-state index in [9.17, 15) is 0 Å². The minimum Gasteiger partial charge on any atom is -0.497 e. The fourth-order valence-electron chi connectivity index (χ4n) is 2.37. The third kappa shape index (κ3) is 3.82. The molecule has 6 heteroatoms. The van der Waals surface area contributed by atoms with Crippen LogP contribution in [-0.4, -0.2) is 33.8 Å². The van der Waals surface area contributed by atoms with Gasteiger partial charge in [0.1, 0.15) is 15.8 Å². The first-order valence-corrected chi connectivity index (χ1v) is 8.43. The van der Waals surface area contributed by atoms with E-state index in [2.05, 4.69) is 21.9 Å². The molecule has 1 aliphatic rings. The van der Waals surface area contributed by atoms with Crippen LogP contribution in [0.3, 0.4) is 0 Å². The summed E-state index contributed by atoms with van der Waals surface area (Å²) in [5, 5.41) is 0. The molecule has 1 saturated heterocycles. The summed E-state index contributed by atoms with van der Waals surface area (Å²) in [6.07, 6.45) is 1.70. The van der Waals surface area contributed by atoms with Crippen molar-refractivity contribution in [3.8, 4) is 5.75 Å². The van der Waals surface area contributed by atoms with Gasteiger partial charge in [-0.2, -0.15) is 0 Å². The number of ether oxygens (including phenoxy) is 1. The van der Waals surface area contributed by atoms with Crippen molar-refractivity contribution >= 4 is 28.3 Å². The van der Waals surface area contributed by atoms with Crippen molar-refractivity contribution in [3.05, 3.63) is 54.0 Å². The lowest BCUT2D eigenvalue weighted by molar-refractivity contribution is 0.193. The average Bonchev–Trinajstić information content (AvgIpc) is 3.04. The van der Waals surface area contributed by atoms with Gasteiger partial charge in [0.25, 0.3) is 0 Å². The Bertz CT molecular complexity index is 614. The summed E-state index contributed by atoms with van der Waals surface area (Å²) in [6.45, 7) is 2.44. The lowest BCUT2D eigenvalue weighted by Gasteiger charge is -2.36. The highest BCUT2D eigenvalue weighted by atomic mass is 32.2. The predicted molar refractivity (Wildman–Crippen MR) is 92.7 cm³/mol.